The van der Waals surface area contributed by atoms with E-state index < -0.39 is 0 Å². The maximum Gasteiger partial charge on any atom is 0.253 e. The molecule has 0 saturated carbocycles. The summed E-state index contributed by atoms with van der Waals surface area (Å²) in [5, 5.41) is 0. The zero-order valence-corrected chi connectivity index (χ0v) is 13.2. The molecule has 1 aromatic carbocycles. The number of ether oxygens (including phenoxy) is 1. The molecule has 1 amide bonds. The number of carbonyl (C=O) groups excluding carboxylic acids is 1. The van der Waals surface area contributed by atoms with Crippen LogP contribution in [0.15, 0.2) is 22.7 Å². The van der Waals surface area contributed by atoms with E-state index in [9.17, 15) is 9.18 Å². The van der Waals surface area contributed by atoms with E-state index in [0.29, 0.717) is 16.0 Å². The van der Waals surface area contributed by atoms with E-state index in [2.05, 4.69) is 15.9 Å². The molecule has 1 fully saturated rings. The second-order valence-electron chi connectivity index (χ2n) is 5.02. The Labute approximate surface area is 127 Å². The van der Waals surface area contributed by atoms with Crippen molar-refractivity contribution in [3.05, 3.63) is 34.1 Å². The van der Waals surface area contributed by atoms with Crippen molar-refractivity contribution in [1.82, 2.24) is 4.90 Å². The summed E-state index contributed by atoms with van der Waals surface area (Å²) in [4.78, 5) is 14.2. The van der Waals surface area contributed by atoms with Crippen molar-refractivity contribution >= 4 is 21.8 Å². The summed E-state index contributed by atoms with van der Waals surface area (Å²) < 4.78 is 18.9. The van der Waals surface area contributed by atoms with Crippen molar-refractivity contribution in [2.45, 2.75) is 19.8 Å². The van der Waals surface area contributed by atoms with Crippen LogP contribution in [0.5, 0.6) is 0 Å². The van der Waals surface area contributed by atoms with Crippen LogP contribution in [0.1, 0.15) is 30.1 Å². The number of carbonyl (C=O) groups is 1. The summed E-state index contributed by atoms with van der Waals surface area (Å²) in [5.74, 6) is 0.163. The minimum absolute atomic E-state index is 0.0273. The molecule has 0 bridgehead atoms. The third-order valence-corrected chi connectivity index (χ3v) is 4.23. The maximum absolute atomic E-state index is 13.2. The van der Waals surface area contributed by atoms with Crippen molar-refractivity contribution in [2.75, 3.05) is 26.3 Å². The van der Waals surface area contributed by atoms with Crippen LogP contribution in [0, 0.1) is 11.7 Å². The third-order valence-electron chi connectivity index (χ3n) is 3.63. The summed E-state index contributed by atoms with van der Waals surface area (Å²) in [6, 6.07) is 4.40. The highest BCUT2D eigenvalue weighted by Gasteiger charge is 2.24. The molecule has 5 heteroatoms. The molecule has 0 aliphatic carbocycles. The molecule has 1 aliphatic heterocycles. The standard InChI is InChI=1S/C15H19BrFNO2/c1-2-20-10-11-5-7-18(8-6-11)15(19)12-3-4-14(17)13(16)9-12/h3-4,9,11H,2,5-8,10H2,1H3. The highest BCUT2D eigenvalue weighted by molar-refractivity contribution is 9.10. The van der Waals surface area contributed by atoms with Crippen molar-refractivity contribution < 1.29 is 13.9 Å². The number of halogens is 2. The van der Waals surface area contributed by atoms with Gasteiger partial charge in [-0.2, -0.15) is 0 Å². The topological polar surface area (TPSA) is 29.5 Å². The van der Waals surface area contributed by atoms with Crippen LogP contribution in [0.4, 0.5) is 4.39 Å². The molecule has 110 valence electrons. The van der Waals surface area contributed by atoms with Crippen molar-refractivity contribution in [2.24, 2.45) is 5.92 Å². The van der Waals surface area contributed by atoms with Crippen molar-refractivity contribution in [1.29, 1.82) is 0 Å². The Balaban J connectivity index is 1.92. The smallest absolute Gasteiger partial charge is 0.253 e. The molecule has 0 unspecified atom stereocenters. The van der Waals surface area contributed by atoms with E-state index in [0.717, 1.165) is 39.1 Å². The lowest BCUT2D eigenvalue weighted by atomic mass is 9.97. The number of hydrogen-bond acceptors (Lipinski definition) is 2. The number of rotatable bonds is 4. The van der Waals surface area contributed by atoms with Gasteiger partial charge in [-0.25, -0.2) is 4.39 Å². The predicted octanol–water partition coefficient (Wildman–Crippen LogP) is 3.48. The summed E-state index contributed by atoms with van der Waals surface area (Å²) in [6.07, 6.45) is 1.93. The lowest BCUT2D eigenvalue weighted by Gasteiger charge is -2.32. The lowest BCUT2D eigenvalue weighted by Crippen LogP contribution is -2.39. The van der Waals surface area contributed by atoms with Gasteiger partial charge in [0, 0.05) is 31.9 Å². The number of amides is 1. The summed E-state index contributed by atoms with van der Waals surface area (Å²) in [6.45, 7) is 4.99. The lowest BCUT2D eigenvalue weighted by molar-refractivity contribution is 0.0551. The molecule has 0 aromatic heterocycles. The van der Waals surface area contributed by atoms with Gasteiger partial charge in [0.15, 0.2) is 0 Å². The van der Waals surface area contributed by atoms with Crippen molar-refractivity contribution in [3.8, 4) is 0 Å². The van der Waals surface area contributed by atoms with Crippen LogP contribution in [-0.2, 0) is 4.74 Å². The van der Waals surface area contributed by atoms with Crippen LogP contribution in [0.2, 0.25) is 0 Å². The predicted molar refractivity (Wildman–Crippen MR) is 79.2 cm³/mol. The van der Waals surface area contributed by atoms with Crippen LogP contribution < -0.4 is 0 Å². The molecular weight excluding hydrogens is 325 g/mol. The number of hydrogen-bond donors (Lipinski definition) is 0. The minimum atomic E-state index is -0.350. The van der Waals surface area contributed by atoms with Gasteiger partial charge in [0.25, 0.3) is 5.91 Å². The largest absolute Gasteiger partial charge is 0.381 e. The second-order valence-corrected chi connectivity index (χ2v) is 5.88. The number of piperidine rings is 1. The molecule has 1 saturated heterocycles. The van der Waals surface area contributed by atoms with Gasteiger partial charge in [-0.05, 0) is 59.8 Å². The fourth-order valence-electron chi connectivity index (χ4n) is 2.40. The van der Waals surface area contributed by atoms with Gasteiger partial charge in [0.2, 0.25) is 0 Å². The Bertz CT molecular complexity index is 473. The number of likely N-dealkylation sites (tertiary alicyclic amines) is 1. The van der Waals surface area contributed by atoms with E-state index in [1.54, 1.807) is 6.07 Å². The molecule has 1 heterocycles. The first kappa shape index (κ1) is 15.4. The van der Waals surface area contributed by atoms with Gasteiger partial charge < -0.3 is 9.64 Å². The highest BCUT2D eigenvalue weighted by Crippen LogP contribution is 2.22. The van der Waals surface area contributed by atoms with E-state index in [1.165, 1.54) is 12.1 Å². The number of nitrogens with zero attached hydrogens (tertiary/aromatic N) is 1. The summed E-state index contributed by atoms with van der Waals surface area (Å²) in [7, 11) is 0. The van der Waals surface area contributed by atoms with E-state index in [-0.39, 0.29) is 11.7 Å². The molecule has 2 rings (SSSR count). The molecule has 0 spiro atoms. The van der Waals surface area contributed by atoms with Gasteiger partial charge in [0.1, 0.15) is 5.82 Å². The average molecular weight is 344 g/mol. The Kier molecular flexibility index (Phi) is 5.54. The van der Waals surface area contributed by atoms with Crippen LogP contribution in [0.25, 0.3) is 0 Å². The first-order valence-electron chi connectivity index (χ1n) is 6.94. The van der Waals surface area contributed by atoms with Crippen LogP contribution in [-0.4, -0.2) is 37.1 Å². The molecule has 3 nitrogen and oxygen atoms in total. The molecule has 0 N–H and O–H groups in total. The van der Waals surface area contributed by atoms with Gasteiger partial charge in [-0.1, -0.05) is 0 Å². The average Bonchev–Trinajstić information content (AvgIpc) is 2.48. The zero-order valence-electron chi connectivity index (χ0n) is 11.6. The zero-order chi connectivity index (χ0) is 14.5. The Morgan fingerprint density at radius 3 is 2.75 bits per heavy atom. The molecular formula is C15H19BrFNO2. The van der Waals surface area contributed by atoms with Crippen LogP contribution in [0.3, 0.4) is 0 Å². The van der Waals surface area contributed by atoms with Gasteiger partial charge in [-0.3, -0.25) is 4.79 Å². The summed E-state index contributed by atoms with van der Waals surface area (Å²) >= 11 is 3.11. The quantitative estimate of drug-likeness (QED) is 0.837. The van der Waals surface area contributed by atoms with E-state index in [4.69, 9.17) is 4.74 Å². The highest BCUT2D eigenvalue weighted by atomic mass is 79.9. The number of benzene rings is 1. The monoisotopic (exact) mass is 343 g/mol. The van der Waals surface area contributed by atoms with Gasteiger partial charge in [-0.15, -0.1) is 0 Å². The van der Waals surface area contributed by atoms with Crippen molar-refractivity contribution in [3.63, 3.8) is 0 Å². The van der Waals surface area contributed by atoms with Gasteiger partial charge >= 0.3 is 0 Å². The summed E-state index contributed by atoms with van der Waals surface area (Å²) in [5.41, 5.74) is 0.529. The first-order valence-corrected chi connectivity index (χ1v) is 7.73. The molecule has 20 heavy (non-hydrogen) atoms. The van der Waals surface area contributed by atoms with Crippen LogP contribution >= 0.6 is 15.9 Å². The molecule has 0 radical (unpaired) electrons. The SMILES string of the molecule is CCOCC1CCN(C(=O)c2ccc(F)c(Br)c2)CC1. The normalized spacial score (nSPS) is 16.4. The Morgan fingerprint density at radius 2 is 2.15 bits per heavy atom. The van der Waals surface area contributed by atoms with E-state index >= 15 is 0 Å². The van der Waals surface area contributed by atoms with Gasteiger partial charge in [0.05, 0.1) is 4.47 Å². The molecule has 1 aliphatic rings. The fourth-order valence-corrected chi connectivity index (χ4v) is 2.78. The molecule has 0 atom stereocenters. The Morgan fingerprint density at radius 1 is 1.45 bits per heavy atom. The second kappa shape index (κ2) is 7.18. The Hall–Kier alpha value is -0.940. The fraction of sp³-hybridized carbons (Fsp3) is 0.533. The van der Waals surface area contributed by atoms with E-state index in [1.807, 2.05) is 11.8 Å². The maximum atomic E-state index is 13.2. The minimum Gasteiger partial charge on any atom is -0.381 e. The third kappa shape index (κ3) is 3.79. The molecule has 1 aromatic rings. The first-order chi connectivity index (χ1) is 9.61.